The minimum atomic E-state index is -0.110. The molecule has 2 heteroatoms. The summed E-state index contributed by atoms with van der Waals surface area (Å²) in [5.41, 5.74) is 1.16. The molecule has 0 aliphatic heterocycles. The van der Waals surface area contributed by atoms with Crippen molar-refractivity contribution in [3.63, 3.8) is 0 Å². The van der Waals surface area contributed by atoms with Crippen LogP contribution in [0.3, 0.4) is 0 Å². The molecule has 1 aromatic rings. The van der Waals surface area contributed by atoms with Gasteiger partial charge < -0.3 is 4.74 Å². The summed E-state index contributed by atoms with van der Waals surface area (Å²) in [6.07, 6.45) is 5.71. The molecular weight excluding hydrogens is 224 g/mol. The SMILES string of the molecule is COC(=O)C(C/C=C/c1ccccc1)CC(C)C. The molecule has 2 nitrogen and oxygen atoms in total. The largest absolute Gasteiger partial charge is 0.469 e. The van der Waals surface area contributed by atoms with Crippen molar-refractivity contribution >= 4 is 12.0 Å². The van der Waals surface area contributed by atoms with Crippen molar-refractivity contribution in [2.24, 2.45) is 11.8 Å². The van der Waals surface area contributed by atoms with Crippen LogP contribution < -0.4 is 0 Å². The number of hydrogen-bond donors (Lipinski definition) is 0. The molecule has 1 aromatic carbocycles. The van der Waals surface area contributed by atoms with Crippen molar-refractivity contribution in [3.8, 4) is 0 Å². The molecule has 0 spiro atoms. The van der Waals surface area contributed by atoms with Crippen LogP contribution >= 0.6 is 0 Å². The van der Waals surface area contributed by atoms with Crippen molar-refractivity contribution < 1.29 is 9.53 Å². The Bertz CT molecular complexity index is 379. The van der Waals surface area contributed by atoms with Gasteiger partial charge in [-0.1, -0.05) is 56.3 Å². The van der Waals surface area contributed by atoms with Crippen molar-refractivity contribution in [3.05, 3.63) is 42.0 Å². The van der Waals surface area contributed by atoms with Gasteiger partial charge in [-0.3, -0.25) is 4.79 Å². The van der Waals surface area contributed by atoms with E-state index in [0.717, 1.165) is 18.4 Å². The normalized spacial score (nSPS) is 12.9. The minimum Gasteiger partial charge on any atom is -0.469 e. The second-order valence-electron chi connectivity index (χ2n) is 4.90. The second kappa shape index (κ2) is 7.70. The maximum absolute atomic E-state index is 11.6. The van der Waals surface area contributed by atoms with Crippen molar-refractivity contribution in [1.82, 2.24) is 0 Å². The van der Waals surface area contributed by atoms with Crippen LogP contribution in [0.15, 0.2) is 36.4 Å². The maximum atomic E-state index is 11.6. The summed E-state index contributed by atoms with van der Waals surface area (Å²) in [5, 5.41) is 0. The predicted octanol–water partition coefficient (Wildman–Crippen LogP) is 3.93. The lowest BCUT2D eigenvalue weighted by Crippen LogP contribution is -2.17. The molecule has 0 aliphatic carbocycles. The van der Waals surface area contributed by atoms with Gasteiger partial charge in [-0.2, -0.15) is 0 Å². The Balaban J connectivity index is 2.56. The van der Waals surface area contributed by atoms with Gasteiger partial charge in [0.1, 0.15) is 0 Å². The third-order valence-electron chi connectivity index (χ3n) is 2.82. The van der Waals surface area contributed by atoms with E-state index in [4.69, 9.17) is 4.74 Å². The van der Waals surface area contributed by atoms with Crippen LogP contribution in [-0.4, -0.2) is 13.1 Å². The molecule has 0 heterocycles. The van der Waals surface area contributed by atoms with Crippen LogP contribution in [0.4, 0.5) is 0 Å². The average Bonchev–Trinajstić information content (AvgIpc) is 2.37. The summed E-state index contributed by atoms with van der Waals surface area (Å²) in [6.45, 7) is 4.24. The van der Waals surface area contributed by atoms with Gasteiger partial charge in [0, 0.05) is 0 Å². The van der Waals surface area contributed by atoms with Gasteiger partial charge >= 0.3 is 5.97 Å². The van der Waals surface area contributed by atoms with Crippen molar-refractivity contribution in [1.29, 1.82) is 0 Å². The van der Waals surface area contributed by atoms with Gasteiger partial charge in [0.2, 0.25) is 0 Å². The van der Waals surface area contributed by atoms with Gasteiger partial charge in [0.15, 0.2) is 0 Å². The second-order valence-corrected chi connectivity index (χ2v) is 4.90. The molecule has 0 saturated carbocycles. The molecule has 18 heavy (non-hydrogen) atoms. The maximum Gasteiger partial charge on any atom is 0.308 e. The Morgan fingerprint density at radius 2 is 1.94 bits per heavy atom. The Kier molecular flexibility index (Phi) is 6.20. The molecule has 0 fully saturated rings. The lowest BCUT2D eigenvalue weighted by molar-refractivity contribution is -0.145. The average molecular weight is 246 g/mol. The van der Waals surface area contributed by atoms with E-state index in [1.807, 2.05) is 30.3 Å². The molecule has 1 atom stereocenters. The molecule has 0 bridgehead atoms. The summed E-state index contributed by atoms with van der Waals surface area (Å²) >= 11 is 0. The van der Waals surface area contributed by atoms with E-state index < -0.39 is 0 Å². The molecular formula is C16H22O2. The van der Waals surface area contributed by atoms with Crippen LogP contribution in [0, 0.1) is 11.8 Å². The Labute approximate surface area is 110 Å². The molecule has 0 saturated heterocycles. The van der Waals surface area contributed by atoms with Crippen molar-refractivity contribution in [2.45, 2.75) is 26.7 Å². The Morgan fingerprint density at radius 1 is 1.28 bits per heavy atom. The standard InChI is InChI=1S/C16H22O2/c1-13(2)12-15(16(17)18-3)11-7-10-14-8-5-4-6-9-14/h4-10,13,15H,11-12H2,1-3H3/b10-7+. The molecule has 0 radical (unpaired) electrons. The fourth-order valence-corrected chi connectivity index (χ4v) is 1.96. The van der Waals surface area contributed by atoms with Crippen LogP contribution in [-0.2, 0) is 9.53 Å². The number of ether oxygens (including phenoxy) is 1. The molecule has 0 amide bonds. The molecule has 0 aromatic heterocycles. The van der Waals surface area contributed by atoms with Crippen molar-refractivity contribution in [2.75, 3.05) is 7.11 Å². The fraction of sp³-hybridized carbons (Fsp3) is 0.438. The summed E-state index contributed by atoms with van der Waals surface area (Å²) in [5.74, 6) is 0.357. The minimum absolute atomic E-state index is 0.0324. The molecule has 0 aliphatic rings. The van der Waals surface area contributed by atoms with Crippen LogP contribution in [0.1, 0.15) is 32.3 Å². The van der Waals surface area contributed by atoms with Crippen LogP contribution in [0.2, 0.25) is 0 Å². The lowest BCUT2D eigenvalue weighted by atomic mass is 9.94. The third-order valence-corrected chi connectivity index (χ3v) is 2.82. The number of esters is 1. The fourth-order valence-electron chi connectivity index (χ4n) is 1.96. The van der Waals surface area contributed by atoms with E-state index in [2.05, 4.69) is 26.0 Å². The molecule has 98 valence electrons. The highest BCUT2D eigenvalue weighted by Gasteiger charge is 2.18. The van der Waals surface area contributed by atoms with Gasteiger partial charge in [0.05, 0.1) is 13.0 Å². The lowest BCUT2D eigenvalue weighted by Gasteiger charge is -2.14. The number of hydrogen-bond acceptors (Lipinski definition) is 2. The van der Waals surface area contributed by atoms with E-state index in [0.29, 0.717) is 5.92 Å². The highest BCUT2D eigenvalue weighted by molar-refractivity contribution is 5.72. The zero-order valence-electron chi connectivity index (χ0n) is 11.4. The quantitative estimate of drug-likeness (QED) is 0.711. The highest BCUT2D eigenvalue weighted by Crippen LogP contribution is 2.18. The Hall–Kier alpha value is -1.57. The smallest absolute Gasteiger partial charge is 0.308 e. The van der Waals surface area contributed by atoms with E-state index in [1.54, 1.807) is 0 Å². The first-order chi connectivity index (χ1) is 8.63. The number of benzene rings is 1. The monoisotopic (exact) mass is 246 g/mol. The zero-order chi connectivity index (χ0) is 13.4. The summed E-state index contributed by atoms with van der Waals surface area (Å²) in [4.78, 5) is 11.6. The van der Waals surface area contributed by atoms with Crippen LogP contribution in [0.25, 0.3) is 6.08 Å². The molecule has 1 rings (SSSR count). The molecule has 0 N–H and O–H groups in total. The van der Waals surface area contributed by atoms with E-state index >= 15 is 0 Å². The topological polar surface area (TPSA) is 26.3 Å². The molecule has 1 unspecified atom stereocenters. The number of carbonyl (C=O) groups is 1. The van der Waals surface area contributed by atoms with E-state index in [1.165, 1.54) is 7.11 Å². The highest BCUT2D eigenvalue weighted by atomic mass is 16.5. The van der Waals surface area contributed by atoms with Crippen LogP contribution in [0.5, 0.6) is 0 Å². The number of carbonyl (C=O) groups excluding carboxylic acids is 1. The number of rotatable bonds is 6. The summed E-state index contributed by atoms with van der Waals surface area (Å²) < 4.78 is 4.84. The third kappa shape index (κ3) is 5.17. The first-order valence-electron chi connectivity index (χ1n) is 6.43. The zero-order valence-corrected chi connectivity index (χ0v) is 11.4. The van der Waals surface area contributed by atoms with Gasteiger partial charge in [-0.25, -0.2) is 0 Å². The summed E-state index contributed by atoms with van der Waals surface area (Å²) in [6, 6.07) is 10.1. The van der Waals surface area contributed by atoms with Gasteiger partial charge in [-0.05, 0) is 24.3 Å². The van der Waals surface area contributed by atoms with E-state index in [9.17, 15) is 4.79 Å². The van der Waals surface area contributed by atoms with E-state index in [-0.39, 0.29) is 11.9 Å². The number of allylic oxidation sites excluding steroid dienone is 1. The van der Waals surface area contributed by atoms with Gasteiger partial charge in [0.25, 0.3) is 0 Å². The number of methoxy groups -OCH3 is 1. The summed E-state index contributed by atoms with van der Waals surface area (Å²) in [7, 11) is 1.45. The first-order valence-corrected chi connectivity index (χ1v) is 6.43. The Morgan fingerprint density at radius 3 is 2.50 bits per heavy atom. The first kappa shape index (κ1) is 14.5. The predicted molar refractivity (Wildman–Crippen MR) is 75.1 cm³/mol. The van der Waals surface area contributed by atoms with Gasteiger partial charge in [-0.15, -0.1) is 0 Å².